The first-order valence-corrected chi connectivity index (χ1v) is 10.5. The molecule has 1 saturated heterocycles. The molecule has 31 heavy (non-hydrogen) atoms. The maximum Gasteiger partial charge on any atom is 0.328 e. The molecule has 162 valence electrons. The molecule has 4 rings (SSSR count). The molecule has 0 bridgehead atoms. The third-order valence-electron chi connectivity index (χ3n) is 5.47. The molecule has 1 amide bonds. The van der Waals surface area contributed by atoms with E-state index in [1.54, 1.807) is 24.3 Å². The van der Waals surface area contributed by atoms with E-state index in [0.717, 1.165) is 19.6 Å². The van der Waals surface area contributed by atoms with E-state index < -0.39 is 11.2 Å². The third-order valence-corrected chi connectivity index (χ3v) is 5.47. The van der Waals surface area contributed by atoms with Crippen molar-refractivity contribution in [3.05, 3.63) is 81.0 Å². The lowest BCUT2D eigenvalue weighted by atomic mass is 10.2. The van der Waals surface area contributed by atoms with Crippen LogP contribution in [0.15, 0.2) is 64.2 Å². The molecule has 1 aromatic heterocycles. The maximum atomic E-state index is 12.4. The zero-order valence-electron chi connectivity index (χ0n) is 17.3. The minimum absolute atomic E-state index is 0.0713. The molecular formula is C23H26N4O4. The molecule has 2 N–H and O–H groups in total. The van der Waals surface area contributed by atoms with Gasteiger partial charge in [0.2, 0.25) is 5.91 Å². The van der Waals surface area contributed by atoms with Crippen molar-refractivity contribution in [2.24, 2.45) is 0 Å². The Morgan fingerprint density at radius 3 is 2.71 bits per heavy atom. The fourth-order valence-corrected chi connectivity index (χ4v) is 3.88. The van der Waals surface area contributed by atoms with E-state index >= 15 is 0 Å². The number of morpholine rings is 1. The van der Waals surface area contributed by atoms with Crippen LogP contribution in [0.3, 0.4) is 0 Å². The average Bonchev–Trinajstić information content (AvgIpc) is 2.78. The SMILES string of the molecule is O=C(CCn1c(=O)[nH]c(=O)c2ccccc21)NCC1CN(Cc2ccccc2)CCO1. The van der Waals surface area contributed by atoms with Gasteiger partial charge < -0.3 is 10.1 Å². The van der Waals surface area contributed by atoms with Gasteiger partial charge in [-0.15, -0.1) is 0 Å². The molecule has 3 aromatic rings. The van der Waals surface area contributed by atoms with E-state index in [9.17, 15) is 14.4 Å². The van der Waals surface area contributed by atoms with Crippen molar-refractivity contribution in [2.75, 3.05) is 26.2 Å². The quantitative estimate of drug-likeness (QED) is 0.594. The van der Waals surface area contributed by atoms with Crippen LogP contribution in [0.25, 0.3) is 10.9 Å². The monoisotopic (exact) mass is 422 g/mol. The summed E-state index contributed by atoms with van der Waals surface area (Å²) in [7, 11) is 0. The van der Waals surface area contributed by atoms with E-state index in [1.807, 2.05) is 18.2 Å². The summed E-state index contributed by atoms with van der Waals surface area (Å²) >= 11 is 0. The Labute approximate surface area is 179 Å². The Hall–Kier alpha value is -3.23. The zero-order chi connectivity index (χ0) is 21.6. The summed E-state index contributed by atoms with van der Waals surface area (Å²) in [4.78, 5) is 41.2. The number of amides is 1. The number of nitrogens with one attached hydrogen (secondary N) is 2. The highest BCUT2D eigenvalue weighted by Crippen LogP contribution is 2.10. The topological polar surface area (TPSA) is 96.4 Å². The summed E-state index contributed by atoms with van der Waals surface area (Å²) in [5.41, 5.74) is 0.849. The van der Waals surface area contributed by atoms with Crippen molar-refractivity contribution in [1.82, 2.24) is 19.8 Å². The largest absolute Gasteiger partial charge is 0.374 e. The number of rotatable bonds is 7. The molecule has 1 fully saturated rings. The van der Waals surface area contributed by atoms with E-state index in [0.29, 0.717) is 24.1 Å². The Morgan fingerprint density at radius 1 is 1.10 bits per heavy atom. The Morgan fingerprint density at radius 2 is 1.87 bits per heavy atom. The van der Waals surface area contributed by atoms with Crippen molar-refractivity contribution in [3.8, 4) is 0 Å². The smallest absolute Gasteiger partial charge is 0.328 e. The van der Waals surface area contributed by atoms with E-state index in [2.05, 4.69) is 27.3 Å². The van der Waals surface area contributed by atoms with E-state index in [1.165, 1.54) is 10.1 Å². The molecule has 1 aliphatic rings. The summed E-state index contributed by atoms with van der Waals surface area (Å²) in [6, 6.07) is 17.2. The third kappa shape index (κ3) is 5.28. The van der Waals surface area contributed by atoms with Gasteiger partial charge in [0.15, 0.2) is 0 Å². The number of benzene rings is 2. The second-order valence-corrected chi connectivity index (χ2v) is 7.70. The first-order chi connectivity index (χ1) is 15.1. The van der Waals surface area contributed by atoms with Crippen LogP contribution < -0.4 is 16.6 Å². The highest BCUT2D eigenvalue weighted by Gasteiger charge is 2.21. The van der Waals surface area contributed by atoms with E-state index in [4.69, 9.17) is 4.74 Å². The summed E-state index contributed by atoms with van der Waals surface area (Å²) in [5.74, 6) is -0.161. The van der Waals surface area contributed by atoms with Gasteiger partial charge in [0.1, 0.15) is 0 Å². The number of aromatic amines is 1. The number of hydrogen-bond donors (Lipinski definition) is 2. The van der Waals surface area contributed by atoms with E-state index in [-0.39, 0.29) is 25.0 Å². The van der Waals surface area contributed by atoms with Crippen molar-refractivity contribution in [2.45, 2.75) is 25.6 Å². The molecule has 1 atom stereocenters. The average molecular weight is 422 g/mol. The maximum absolute atomic E-state index is 12.4. The fourth-order valence-electron chi connectivity index (χ4n) is 3.88. The zero-order valence-corrected chi connectivity index (χ0v) is 17.3. The Kier molecular flexibility index (Phi) is 6.59. The number of carbonyl (C=O) groups is 1. The van der Waals surface area contributed by atoms with Crippen molar-refractivity contribution < 1.29 is 9.53 Å². The molecule has 2 heterocycles. The van der Waals surface area contributed by atoms with Crippen LogP contribution in [0.2, 0.25) is 0 Å². The number of aromatic nitrogens is 2. The van der Waals surface area contributed by atoms with Gasteiger partial charge in [-0.3, -0.25) is 24.0 Å². The fraction of sp³-hybridized carbons (Fsp3) is 0.348. The van der Waals surface area contributed by atoms with Crippen molar-refractivity contribution >= 4 is 16.8 Å². The number of carbonyl (C=O) groups excluding carboxylic acids is 1. The molecule has 2 aromatic carbocycles. The summed E-state index contributed by atoms with van der Waals surface area (Å²) < 4.78 is 7.22. The predicted octanol–water partition coefficient (Wildman–Crippen LogP) is 1.10. The van der Waals surface area contributed by atoms with Gasteiger partial charge in [0.05, 0.1) is 23.6 Å². The number of fused-ring (bicyclic) bond motifs is 1. The first kappa shape index (κ1) is 21.0. The van der Waals surface area contributed by atoms with Gasteiger partial charge in [0.25, 0.3) is 5.56 Å². The van der Waals surface area contributed by atoms with Crippen LogP contribution >= 0.6 is 0 Å². The van der Waals surface area contributed by atoms with Crippen LogP contribution in [-0.4, -0.2) is 52.7 Å². The number of para-hydroxylation sites is 1. The molecule has 8 nitrogen and oxygen atoms in total. The predicted molar refractivity (Wildman–Crippen MR) is 118 cm³/mol. The number of aryl methyl sites for hydroxylation is 1. The lowest BCUT2D eigenvalue weighted by Gasteiger charge is -2.33. The minimum Gasteiger partial charge on any atom is -0.374 e. The number of hydrogen-bond acceptors (Lipinski definition) is 5. The lowest BCUT2D eigenvalue weighted by Crippen LogP contribution is -2.47. The molecule has 0 radical (unpaired) electrons. The van der Waals surface area contributed by atoms with Crippen LogP contribution in [-0.2, 0) is 22.6 Å². The highest BCUT2D eigenvalue weighted by atomic mass is 16.5. The van der Waals surface area contributed by atoms with Crippen LogP contribution in [0.4, 0.5) is 0 Å². The summed E-state index contributed by atoms with van der Waals surface area (Å²) in [6.07, 6.45) is 0.0641. The first-order valence-electron chi connectivity index (χ1n) is 10.5. The molecule has 0 saturated carbocycles. The molecular weight excluding hydrogens is 396 g/mol. The second kappa shape index (κ2) is 9.72. The molecule has 0 spiro atoms. The van der Waals surface area contributed by atoms with Crippen LogP contribution in [0.5, 0.6) is 0 Å². The van der Waals surface area contributed by atoms with Crippen LogP contribution in [0.1, 0.15) is 12.0 Å². The van der Waals surface area contributed by atoms with Gasteiger partial charge in [-0.05, 0) is 17.7 Å². The molecule has 1 aliphatic heterocycles. The van der Waals surface area contributed by atoms with Gasteiger partial charge in [-0.1, -0.05) is 42.5 Å². The van der Waals surface area contributed by atoms with Gasteiger partial charge >= 0.3 is 5.69 Å². The number of nitrogens with zero attached hydrogens (tertiary/aromatic N) is 2. The van der Waals surface area contributed by atoms with Crippen LogP contribution in [0, 0.1) is 0 Å². The minimum atomic E-state index is -0.510. The molecule has 8 heteroatoms. The normalized spacial score (nSPS) is 17.0. The standard InChI is InChI=1S/C23H26N4O4/c28-21(10-11-27-20-9-5-4-8-19(20)22(29)25-23(27)30)24-14-18-16-26(12-13-31-18)15-17-6-2-1-3-7-17/h1-9,18H,10-16H2,(H,24,28)(H,25,29,30). The Bertz CT molecular complexity index is 1160. The van der Waals surface area contributed by atoms with Gasteiger partial charge in [0, 0.05) is 39.1 Å². The molecule has 1 unspecified atom stereocenters. The Balaban J connectivity index is 1.29. The second-order valence-electron chi connectivity index (χ2n) is 7.70. The number of ether oxygens (including phenoxy) is 1. The van der Waals surface area contributed by atoms with Crippen molar-refractivity contribution in [1.29, 1.82) is 0 Å². The van der Waals surface area contributed by atoms with Gasteiger partial charge in [-0.2, -0.15) is 0 Å². The molecule has 0 aliphatic carbocycles. The van der Waals surface area contributed by atoms with Gasteiger partial charge in [-0.25, -0.2) is 4.79 Å². The summed E-state index contributed by atoms with van der Waals surface area (Å²) in [5, 5.41) is 3.34. The van der Waals surface area contributed by atoms with Crippen molar-refractivity contribution in [3.63, 3.8) is 0 Å². The lowest BCUT2D eigenvalue weighted by molar-refractivity contribution is -0.122. The summed E-state index contributed by atoms with van der Waals surface area (Å²) in [6.45, 7) is 3.71. The number of H-pyrrole nitrogens is 1. The highest BCUT2D eigenvalue weighted by molar-refractivity contribution is 5.78.